The number of nitrogens with two attached hydrogens (primary N) is 1. The van der Waals surface area contributed by atoms with E-state index in [1.807, 2.05) is 0 Å². The summed E-state index contributed by atoms with van der Waals surface area (Å²) in [5.74, 6) is 2.70. The maximum absolute atomic E-state index is 6.01. The molecule has 2 N–H and O–H groups in total. The lowest BCUT2D eigenvalue weighted by Gasteiger charge is -2.41. The first-order valence-electron chi connectivity index (χ1n) is 8.22. The smallest absolute Gasteiger partial charge is 0.0138 e. The van der Waals surface area contributed by atoms with Gasteiger partial charge in [0.25, 0.3) is 0 Å². The fourth-order valence-corrected chi connectivity index (χ4v) is 4.19. The van der Waals surface area contributed by atoms with E-state index in [2.05, 4.69) is 18.7 Å². The molecule has 1 saturated carbocycles. The quantitative estimate of drug-likeness (QED) is 0.814. The second kappa shape index (κ2) is 6.91. The number of hydrogen-bond donors (Lipinski definition) is 1. The van der Waals surface area contributed by atoms with Gasteiger partial charge in [-0.1, -0.05) is 33.1 Å². The van der Waals surface area contributed by atoms with Crippen LogP contribution >= 0.6 is 0 Å². The van der Waals surface area contributed by atoms with Crippen molar-refractivity contribution in [2.75, 3.05) is 19.6 Å². The zero-order chi connectivity index (χ0) is 13.0. The van der Waals surface area contributed by atoms with Crippen LogP contribution in [-0.2, 0) is 0 Å². The highest BCUT2D eigenvalue weighted by Gasteiger charge is 2.36. The van der Waals surface area contributed by atoms with Gasteiger partial charge in [-0.05, 0) is 56.5 Å². The van der Waals surface area contributed by atoms with Crippen molar-refractivity contribution >= 4 is 0 Å². The summed E-state index contributed by atoms with van der Waals surface area (Å²) in [4.78, 5) is 2.79. The molecule has 18 heavy (non-hydrogen) atoms. The highest BCUT2D eigenvalue weighted by atomic mass is 15.2. The predicted molar refractivity (Wildman–Crippen MR) is 78.6 cm³/mol. The zero-order valence-electron chi connectivity index (χ0n) is 12.4. The first-order valence-corrected chi connectivity index (χ1v) is 8.22. The molecule has 0 aromatic carbocycles. The Hall–Kier alpha value is -0.0800. The van der Waals surface area contributed by atoms with Crippen molar-refractivity contribution in [3.8, 4) is 0 Å². The van der Waals surface area contributed by atoms with E-state index in [9.17, 15) is 0 Å². The maximum atomic E-state index is 6.01. The van der Waals surface area contributed by atoms with Gasteiger partial charge in [-0.25, -0.2) is 0 Å². The van der Waals surface area contributed by atoms with E-state index in [0.29, 0.717) is 0 Å². The molecule has 0 amide bonds. The number of likely N-dealkylation sites (tertiary alicyclic amines) is 1. The minimum atomic E-state index is 0.771. The lowest BCUT2D eigenvalue weighted by atomic mass is 9.76. The third kappa shape index (κ3) is 3.27. The second-order valence-electron chi connectivity index (χ2n) is 6.59. The largest absolute Gasteiger partial charge is 0.330 e. The Bertz CT molecular complexity index is 241. The summed E-state index contributed by atoms with van der Waals surface area (Å²) >= 11 is 0. The van der Waals surface area contributed by atoms with Crippen LogP contribution in [0.5, 0.6) is 0 Å². The van der Waals surface area contributed by atoms with Crippen molar-refractivity contribution in [3.05, 3.63) is 0 Å². The van der Waals surface area contributed by atoms with Crippen molar-refractivity contribution in [1.82, 2.24) is 4.90 Å². The Balaban J connectivity index is 1.92. The third-order valence-corrected chi connectivity index (χ3v) is 5.43. The van der Waals surface area contributed by atoms with Gasteiger partial charge in [0.05, 0.1) is 0 Å². The van der Waals surface area contributed by atoms with Gasteiger partial charge < -0.3 is 5.73 Å². The van der Waals surface area contributed by atoms with Crippen molar-refractivity contribution in [2.45, 2.75) is 64.8 Å². The molecule has 0 bridgehead atoms. The molecular weight excluding hydrogens is 220 g/mol. The molecule has 2 fully saturated rings. The number of nitrogens with zero attached hydrogens (tertiary/aromatic N) is 1. The summed E-state index contributed by atoms with van der Waals surface area (Å²) in [6.07, 6.45) is 9.76. The van der Waals surface area contributed by atoms with E-state index in [1.165, 1.54) is 58.0 Å². The van der Waals surface area contributed by atoms with Crippen LogP contribution in [0.3, 0.4) is 0 Å². The molecule has 2 aliphatic rings. The van der Waals surface area contributed by atoms with Crippen molar-refractivity contribution in [3.63, 3.8) is 0 Å². The summed E-state index contributed by atoms with van der Waals surface area (Å²) in [6.45, 7) is 8.26. The molecule has 1 saturated heterocycles. The average molecular weight is 252 g/mol. The molecule has 4 unspecified atom stereocenters. The van der Waals surface area contributed by atoms with Crippen LogP contribution in [0.1, 0.15) is 58.8 Å². The molecule has 4 atom stereocenters. The highest BCUT2D eigenvalue weighted by molar-refractivity contribution is 4.90. The molecule has 2 heteroatoms. The SMILES string of the molecule is CCCC1CCN(C2CC(CC)CCC2CN)C1. The van der Waals surface area contributed by atoms with E-state index in [0.717, 1.165) is 30.3 Å². The molecule has 2 nitrogen and oxygen atoms in total. The van der Waals surface area contributed by atoms with Crippen LogP contribution in [0.4, 0.5) is 0 Å². The summed E-state index contributed by atoms with van der Waals surface area (Å²) in [6, 6.07) is 0.801. The molecule has 1 heterocycles. The molecule has 106 valence electrons. The van der Waals surface area contributed by atoms with Gasteiger partial charge >= 0.3 is 0 Å². The first kappa shape index (κ1) is 14.3. The van der Waals surface area contributed by atoms with Gasteiger partial charge in [0.15, 0.2) is 0 Å². The van der Waals surface area contributed by atoms with E-state index < -0.39 is 0 Å². The molecule has 0 aromatic heterocycles. The molecule has 0 radical (unpaired) electrons. The van der Waals surface area contributed by atoms with Crippen LogP contribution in [0, 0.1) is 17.8 Å². The van der Waals surface area contributed by atoms with Crippen LogP contribution in [-0.4, -0.2) is 30.6 Å². The van der Waals surface area contributed by atoms with Gasteiger partial charge in [0.1, 0.15) is 0 Å². The minimum Gasteiger partial charge on any atom is -0.330 e. The lowest BCUT2D eigenvalue weighted by molar-refractivity contribution is 0.0969. The van der Waals surface area contributed by atoms with Gasteiger partial charge in [0, 0.05) is 12.6 Å². The lowest BCUT2D eigenvalue weighted by Crippen LogP contribution is -2.45. The molecule has 0 spiro atoms. The van der Waals surface area contributed by atoms with Gasteiger partial charge in [0.2, 0.25) is 0 Å². The zero-order valence-corrected chi connectivity index (χ0v) is 12.4. The monoisotopic (exact) mass is 252 g/mol. The van der Waals surface area contributed by atoms with Crippen molar-refractivity contribution in [2.24, 2.45) is 23.5 Å². The topological polar surface area (TPSA) is 29.3 Å². The maximum Gasteiger partial charge on any atom is 0.0138 e. The van der Waals surface area contributed by atoms with E-state index in [4.69, 9.17) is 5.73 Å². The standard InChI is InChI=1S/C16H32N2/c1-3-5-14-8-9-18(12-14)16-10-13(4-2)6-7-15(16)11-17/h13-16H,3-12,17H2,1-2H3. The van der Waals surface area contributed by atoms with Crippen LogP contribution in [0.25, 0.3) is 0 Å². The molecule has 2 rings (SSSR count). The Kier molecular flexibility index (Phi) is 5.50. The normalized spacial score (nSPS) is 38.2. The van der Waals surface area contributed by atoms with E-state index in [-0.39, 0.29) is 0 Å². The van der Waals surface area contributed by atoms with Gasteiger partial charge in [-0.2, -0.15) is 0 Å². The van der Waals surface area contributed by atoms with E-state index in [1.54, 1.807) is 0 Å². The Morgan fingerprint density at radius 1 is 1.11 bits per heavy atom. The molecule has 1 aliphatic heterocycles. The van der Waals surface area contributed by atoms with Crippen LogP contribution in [0.15, 0.2) is 0 Å². The summed E-state index contributed by atoms with van der Waals surface area (Å²) in [7, 11) is 0. The first-order chi connectivity index (χ1) is 8.78. The summed E-state index contributed by atoms with van der Waals surface area (Å²) in [5.41, 5.74) is 6.01. The Morgan fingerprint density at radius 3 is 2.61 bits per heavy atom. The average Bonchev–Trinajstić information content (AvgIpc) is 2.87. The fourth-order valence-electron chi connectivity index (χ4n) is 4.19. The Labute approximate surface area is 113 Å². The fraction of sp³-hybridized carbons (Fsp3) is 1.00. The second-order valence-corrected chi connectivity index (χ2v) is 6.59. The van der Waals surface area contributed by atoms with Crippen molar-refractivity contribution < 1.29 is 0 Å². The highest BCUT2D eigenvalue weighted by Crippen LogP contribution is 2.36. The summed E-state index contributed by atoms with van der Waals surface area (Å²) in [5, 5.41) is 0. The number of hydrogen-bond acceptors (Lipinski definition) is 2. The van der Waals surface area contributed by atoms with Crippen molar-refractivity contribution in [1.29, 1.82) is 0 Å². The van der Waals surface area contributed by atoms with Crippen LogP contribution in [0.2, 0.25) is 0 Å². The summed E-state index contributed by atoms with van der Waals surface area (Å²) < 4.78 is 0. The predicted octanol–water partition coefficient (Wildman–Crippen LogP) is 3.26. The molecular formula is C16H32N2. The third-order valence-electron chi connectivity index (χ3n) is 5.43. The molecule has 1 aliphatic carbocycles. The molecule has 0 aromatic rings. The van der Waals surface area contributed by atoms with Gasteiger partial charge in [-0.15, -0.1) is 0 Å². The van der Waals surface area contributed by atoms with Gasteiger partial charge in [-0.3, -0.25) is 4.90 Å². The number of rotatable bonds is 5. The van der Waals surface area contributed by atoms with Crippen LogP contribution < -0.4 is 5.73 Å². The minimum absolute atomic E-state index is 0.771. The van der Waals surface area contributed by atoms with E-state index >= 15 is 0 Å². The Morgan fingerprint density at radius 2 is 1.94 bits per heavy atom.